The summed E-state index contributed by atoms with van der Waals surface area (Å²) in [6.45, 7) is 5.14. The molecule has 0 saturated carbocycles. The van der Waals surface area contributed by atoms with Crippen LogP contribution in [-0.2, 0) is 28.5 Å². The molecule has 0 atom stereocenters. The minimum absolute atomic E-state index is 0.0157. The van der Waals surface area contributed by atoms with Crippen LogP contribution in [0.4, 0.5) is 0 Å². The van der Waals surface area contributed by atoms with Crippen molar-refractivity contribution >= 4 is 11.9 Å². The van der Waals surface area contributed by atoms with E-state index in [0.29, 0.717) is 0 Å². The summed E-state index contributed by atoms with van der Waals surface area (Å²) < 4.78 is 20.4. The number of esters is 2. The molecule has 0 amide bonds. The number of carbonyl (C=O) groups excluding carboxylic acids is 2. The molecule has 0 rings (SSSR count). The molecule has 0 radical (unpaired) electrons. The Balaban J connectivity index is 3.54. The standard InChI is InChI=1S/C24H38O6/c1-3-5-7-9-11-13-17-27-19-21-29-23(25)15-16-24(26)30-22-20-28-18-14-12-10-8-6-4-2/h9-14,17-18H,3-8,15-16,19-22H2,1-2H3. The molecule has 0 heterocycles. The van der Waals surface area contributed by atoms with Crippen molar-refractivity contribution in [2.24, 2.45) is 0 Å². The first-order valence-corrected chi connectivity index (χ1v) is 10.9. The summed E-state index contributed by atoms with van der Waals surface area (Å²) in [5.41, 5.74) is 0. The quantitative estimate of drug-likeness (QED) is 0.120. The maximum Gasteiger partial charge on any atom is 0.306 e. The second kappa shape index (κ2) is 22.8. The highest BCUT2D eigenvalue weighted by atomic mass is 16.6. The van der Waals surface area contributed by atoms with E-state index in [1.54, 1.807) is 24.7 Å². The van der Waals surface area contributed by atoms with Crippen molar-refractivity contribution in [3.8, 4) is 0 Å². The Bertz CT molecular complexity index is 486. The number of hydrogen-bond acceptors (Lipinski definition) is 6. The zero-order chi connectivity index (χ0) is 22.1. The molecule has 170 valence electrons. The van der Waals surface area contributed by atoms with E-state index in [9.17, 15) is 9.59 Å². The molecule has 6 heteroatoms. The lowest BCUT2D eigenvalue weighted by Gasteiger charge is -2.06. The Kier molecular flexibility index (Phi) is 20.9. The van der Waals surface area contributed by atoms with Gasteiger partial charge in [0.1, 0.15) is 26.4 Å². The van der Waals surface area contributed by atoms with Crippen molar-refractivity contribution in [2.45, 2.75) is 65.2 Å². The van der Waals surface area contributed by atoms with Gasteiger partial charge in [0.05, 0.1) is 25.4 Å². The monoisotopic (exact) mass is 422 g/mol. The highest BCUT2D eigenvalue weighted by molar-refractivity contribution is 5.77. The van der Waals surface area contributed by atoms with Gasteiger partial charge in [0.15, 0.2) is 0 Å². The summed E-state index contributed by atoms with van der Waals surface area (Å²) in [6, 6.07) is 0. The molecule has 0 saturated heterocycles. The van der Waals surface area contributed by atoms with Crippen LogP contribution in [0, 0.1) is 0 Å². The molecule has 0 aromatic heterocycles. The van der Waals surface area contributed by atoms with Gasteiger partial charge in [-0.2, -0.15) is 0 Å². The largest absolute Gasteiger partial charge is 0.498 e. The maximum absolute atomic E-state index is 11.6. The summed E-state index contributed by atoms with van der Waals surface area (Å²) in [5, 5.41) is 0. The van der Waals surface area contributed by atoms with Crippen molar-refractivity contribution in [1.29, 1.82) is 0 Å². The van der Waals surface area contributed by atoms with Crippen LogP contribution in [0.2, 0.25) is 0 Å². The maximum atomic E-state index is 11.6. The van der Waals surface area contributed by atoms with Crippen LogP contribution in [0.1, 0.15) is 65.2 Å². The third-order valence-electron chi connectivity index (χ3n) is 3.75. The van der Waals surface area contributed by atoms with Crippen LogP contribution in [-0.4, -0.2) is 38.4 Å². The summed E-state index contributed by atoms with van der Waals surface area (Å²) in [4.78, 5) is 23.1. The Morgan fingerprint density at radius 3 is 1.47 bits per heavy atom. The van der Waals surface area contributed by atoms with Crippen molar-refractivity contribution in [1.82, 2.24) is 0 Å². The Labute approximate surface area is 181 Å². The van der Waals surface area contributed by atoms with Crippen LogP contribution >= 0.6 is 0 Å². The number of ether oxygens (including phenoxy) is 4. The lowest BCUT2D eigenvalue weighted by molar-refractivity contribution is -0.151. The Hall–Kier alpha value is -2.50. The van der Waals surface area contributed by atoms with Gasteiger partial charge in [-0.05, 0) is 25.0 Å². The number of rotatable bonds is 19. The zero-order valence-corrected chi connectivity index (χ0v) is 18.6. The first-order valence-electron chi connectivity index (χ1n) is 10.9. The molecule has 0 bridgehead atoms. The molecule has 6 nitrogen and oxygen atoms in total. The fourth-order valence-electron chi connectivity index (χ4n) is 2.09. The molecule has 0 aromatic rings. The normalized spacial score (nSPS) is 11.7. The van der Waals surface area contributed by atoms with E-state index in [0.717, 1.165) is 12.8 Å². The smallest absolute Gasteiger partial charge is 0.306 e. The molecular formula is C24H38O6. The Morgan fingerprint density at radius 1 is 0.633 bits per heavy atom. The van der Waals surface area contributed by atoms with E-state index in [1.165, 1.54) is 25.7 Å². The van der Waals surface area contributed by atoms with Crippen molar-refractivity contribution in [3.05, 3.63) is 49.0 Å². The van der Waals surface area contributed by atoms with Crippen molar-refractivity contribution < 1.29 is 28.5 Å². The molecule has 30 heavy (non-hydrogen) atoms. The molecular weight excluding hydrogens is 384 g/mol. The second-order valence-electron chi connectivity index (χ2n) is 6.48. The summed E-state index contributed by atoms with van der Waals surface area (Å²) in [7, 11) is 0. The Morgan fingerprint density at radius 2 is 1.07 bits per heavy atom. The highest BCUT2D eigenvalue weighted by Crippen LogP contribution is 1.98. The first-order chi connectivity index (χ1) is 14.7. The first kappa shape index (κ1) is 27.5. The van der Waals surface area contributed by atoms with Crippen LogP contribution in [0.3, 0.4) is 0 Å². The molecule has 0 aliphatic rings. The van der Waals surface area contributed by atoms with E-state index >= 15 is 0 Å². The van der Waals surface area contributed by atoms with Gasteiger partial charge < -0.3 is 18.9 Å². The molecule has 0 aromatic carbocycles. The lowest BCUT2D eigenvalue weighted by atomic mass is 10.2. The molecule has 0 N–H and O–H groups in total. The van der Waals surface area contributed by atoms with Gasteiger partial charge in [-0.15, -0.1) is 0 Å². The van der Waals surface area contributed by atoms with Crippen molar-refractivity contribution in [2.75, 3.05) is 26.4 Å². The third-order valence-corrected chi connectivity index (χ3v) is 3.75. The number of unbranched alkanes of at least 4 members (excludes halogenated alkanes) is 4. The average Bonchev–Trinajstić information content (AvgIpc) is 2.75. The van der Waals surface area contributed by atoms with Gasteiger partial charge in [-0.3, -0.25) is 9.59 Å². The average molecular weight is 423 g/mol. The van der Waals surface area contributed by atoms with Crippen molar-refractivity contribution in [3.63, 3.8) is 0 Å². The fraction of sp³-hybridized carbons (Fsp3) is 0.583. The molecule has 0 unspecified atom stereocenters. The predicted octanol–water partition coefficient (Wildman–Crippen LogP) is 5.41. The fourth-order valence-corrected chi connectivity index (χ4v) is 2.09. The molecule has 0 fully saturated rings. The SMILES string of the molecule is CCCCC=CC=COCCOC(=O)CCC(=O)OCCOC=CC=CCCCC. The van der Waals surface area contributed by atoms with E-state index in [-0.39, 0.29) is 39.3 Å². The minimum atomic E-state index is -0.451. The van der Waals surface area contributed by atoms with E-state index in [1.807, 2.05) is 12.2 Å². The third kappa shape index (κ3) is 21.8. The van der Waals surface area contributed by atoms with Gasteiger partial charge in [0.25, 0.3) is 0 Å². The van der Waals surface area contributed by atoms with E-state index in [4.69, 9.17) is 18.9 Å². The van der Waals surface area contributed by atoms with Gasteiger partial charge in [-0.1, -0.05) is 63.8 Å². The predicted molar refractivity (Wildman–Crippen MR) is 119 cm³/mol. The van der Waals surface area contributed by atoms with Gasteiger partial charge in [0.2, 0.25) is 0 Å². The van der Waals surface area contributed by atoms with E-state index < -0.39 is 11.9 Å². The summed E-state index contributed by atoms with van der Waals surface area (Å²) in [6.07, 6.45) is 21.6. The number of hydrogen-bond donors (Lipinski definition) is 0. The van der Waals surface area contributed by atoms with Crippen LogP contribution < -0.4 is 0 Å². The van der Waals surface area contributed by atoms with Crippen LogP contribution in [0.5, 0.6) is 0 Å². The minimum Gasteiger partial charge on any atom is -0.498 e. The zero-order valence-electron chi connectivity index (χ0n) is 18.6. The lowest BCUT2D eigenvalue weighted by Crippen LogP contribution is -2.14. The van der Waals surface area contributed by atoms with Gasteiger partial charge in [-0.25, -0.2) is 0 Å². The summed E-state index contributed by atoms with van der Waals surface area (Å²) >= 11 is 0. The number of carbonyl (C=O) groups is 2. The second-order valence-corrected chi connectivity index (χ2v) is 6.48. The number of allylic oxidation sites excluding steroid dienone is 6. The topological polar surface area (TPSA) is 71.1 Å². The van der Waals surface area contributed by atoms with Gasteiger partial charge >= 0.3 is 11.9 Å². The van der Waals surface area contributed by atoms with Gasteiger partial charge in [0, 0.05) is 0 Å². The summed E-state index contributed by atoms with van der Waals surface area (Å²) in [5.74, 6) is -0.902. The van der Waals surface area contributed by atoms with E-state index in [2.05, 4.69) is 26.0 Å². The molecule has 0 spiro atoms. The van der Waals surface area contributed by atoms with Crippen LogP contribution in [0.25, 0.3) is 0 Å². The molecule has 0 aliphatic heterocycles. The highest BCUT2D eigenvalue weighted by Gasteiger charge is 2.08. The molecule has 0 aliphatic carbocycles. The van der Waals surface area contributed by atoms with Crippen LogP contribution in [0.15, 0.2) is 49.0 Å².